The standard InChI is InChI=1S/C14H19NO2/c1-14(2,3)17-13(16)10-12(15)9-11-7-5-4-6-8-11/h4-8,10H,9,15H2,1-3H3/b12-10+. The van der Waals surface area contributed by atoms with Gasteiger partial charge in [-0.2, -0.15) is 0 Å². The topological polar surface area (TPSA) is 52.3 Å². The zero-order valence-electron chi connectivity index (χ0n) is 10.6. The highest BCUT2D eigenvalue weighted by Crippen LogP contribution is 2.09. The van der Waals surface area contributed by atoms with Crippen LogP contribution in [0.2, 0.25) is 0 Å². The molecule has 0 spiro atoms. The predicted octanol–water partition coefficient (Wildman–Crippen LogP) is 2.41. The van der Waals surface area contributed by atoms with Gasteiger partial charge in [0.2, 0.25) is 0 Å². The smallest absolute Gasteiger partial charge is 0.333 e. The monoisotopic (exact) mass is 233 g/mol. The van der Waals surface area contributed by atoms with Crippen molar-refractivity contribution in [3.63, 3.8) is 0 Å². The summed E-state index contributed by atoms with van der Waals surface area (Å²) in [6, 6.07) is 9.76. The lowest BCUT2D eigenvalue weighted by molar-refractivity contribution is -0.148. The molecule has 0 aliphatic rings. The number of nitrogens with two attached hydrogens (primary N) is 1. The number of allylic oxidation sites excluding steroid dienone is 1. The molecule has 3 heteroatoms. The molecule has 0 radical (unpaired) electrons. The van der Waals surface area contributed by atoms with Gasteiger partial charge >= 0.3 is 5.97 Å². The third-order valence-electron chi connectivity index (χ3n) is 1.96. The molecule has 92 valence electrons. The molecule has 1 aromatic carbocycles. The fourth-order valence-corrected chi connectivity index (χ4v) is 1.37. The second-order valence-corrected chi connectivity index (χ2v) is 4.92. The van der Waals surface area contributed by atoms with Gasteiger partial charge in [-0.1, -0.05) is 30.3 Å². The Bertz CT molecular complexity index is 402. The SMILES string of the molecule is CC(C)(C)OC(=O)/C=C(/N)Cc1ccccc1. The lowest BCUT2D eigenvalue weighted by Crippen LogP contribution is -2.23. The zero-order valence-corrected chi connectivity index (χ0v) is 10.6. The van der Waals surface area contributed by atoms with Crippen molar-refractivity contribution in [3.05, 3.63) is 47.7 Å². The summed E-state index contributed by atoms with van der Waals surface area (Å²) in [6.45, 7) is 5.48. The molecule has 0 saturated heterocycles. The van der Waals surface area contributed by atoms with Gasteiger partial charge in [0.05, 0.1) is 0 Å². The maximum Gasteiger partial charge on any atom is 0.333 e. The molecule has 0 bridgehead atoms. The molecule has 1 rings (SSSR count). The third-order valence-corrected chi connectivity index (χ3v) is 1.96. The second kappa shape index (κ2) is 5.53. The molecule has 0 unspecified atom stereocenters. The molecule has 0 aliphatic heterocycles. The summed E-state index contributed by atoms with van der Waals surface area (Å²) in [4.78, 5) is 11.5. The molecule has 0 fully saturated rings. The van der Waals surface area contributed by atoms with E-state index in [1.807, 2.05) is 51.1 Å². The normalized spacial score (nSPS) is 12.3. The van der Waals surface area contributed by atoms with Crippen LogP contribution in [0.15, 0.2) is 42.1 Å². The van der Waals surface area contributed by atoms with E-state index in [1.165, 1.54) is 6.08 Å². The van der Waals surface area contributed by atoms with Gasteiger partial charge in [-0.05, 0) is 26.3 Å². The van der Waals surface area contributed by atoms with Gasteiger partial charge < -0.3 is 10.5 Å². The number of hydrogen-bond acceptors (Lipinski definition) is 3. The average molecular weight is 233 g/mol. The molecule has 17 heavy (non-hydrogen) atoms. The first-order chi connectivity index (χ1) is 7.87. The van der Waals surface area contributed by atoms with Crippen LogP contribution in [-0.4, -0.2) is 11.6 Å². The Morgan fingerprint density at radius 3 is 2.41 bits per heavy atom. The van der Waals surface area contributed by atoms with Crippen LogP contribution in [0, 0.1) is 0 Å². The van der Waals surface area contributed by atoms with Crippen LogP contribution in [0.25, 0.3) is 0 Å². The third kappa shape index (κ3) is 5.76. The minimum absolute atomic E-state index is 0.397. The Hall–Kier alpha value is -1.77. The number of esters is 1. The molecule has 0 amide bonds. The Morgan fingerprint density at radius 1 is 1.29 bits per heavy atom. The Labute approximate surface area is 102 Å². The maximum absolute atomic E-state index is 11.5. The number of hydrogen-bond donors (Lipinski definition) is 1. The Balaban J connectivity index is 2.58. The molecular formula is C14H19NO2. The Kier molecular flexibility index (Phi) is 4.32. The van der Waals surface area contributed by atoms with Gasteiger partial charge in [0.15, 0.2) is 0 Å². The number of rotatable bonds is 3. The quantitative estimate of drug-likeness (QED) is 0.644. The summed E-state index contributed by atoms with van der Waals surface area (Å²) in [6.07, 6.45) is 1.90. The fraction of sp³-hybridized carbons (Fsp3) is 0.357. The number of carbonyl (C=O) groups is 1. The van der Waals surface area contributed by atoms with Crippen LogP contribution in [0.1, 0.15) is 26.3 Å². The summed E-state index contributed by atoms with van der Waals surface area (Å²) in [5.74, 6) is -0.397. The van der Waals surface area contributed by atoms with E-state index in [9.17, 15) is 4.79 Å². The van der Waals surface area contributed by atoms with Crippen molar-refractivity contribution in [1.29, 1.82) is 0 Å². The zero-order chi connectivity index (χ0) is 12.9. The lowest BCUT2D eigenvalue weighted by Gasteiger charge is -2.18. The largest absolute Gasteiger partial charge is 0.457 e. The molecule has 0 saturated carbocycles. The Morgan fingerprint density at radius 2 is 1.88 bits per heavy atom. The lowest BCUT2D eigenvalue weighted by atomic mass is 10.1. The van der Waals surface area contributed by atoms with Crippen molar-refractivity contribution >= 4 is 5.97 Å². The average Bonchev–Trinajstić information content (AvgIpc) is 2.15. The van der Waals surface area contributed by atoms with Crippen LogP contribution < -0.4 is 5.73 Å². The van der Waals surface area contributed by atoms with E-state index < -0.39 is 11.6 Å². The highest BCUT2D eigenvalue weighted by Gasteiger charge is 2.14. The summed E-state index contributed by atoms with van der Waals surface area (Å²) >= 11 is 0. The van der Waals surface area contributed by atoms with Gasteiger partial charge in [0, 0.05) is 18.2 Å². The van der Waals surface area contributed by atoms with Crippen molar-refractivity contribution in [3.8, 4) is 0 Å². The van der Waals surface area contributed by atoms with Crippen LogP contribution in [0.4, 0.5) is 0 Å². The summed E-state index contributed by atoms with van der Waals surface area (Å²) in [7, 11) is 0. The van der Waals surface area contributed by atoms with E-state index in [1.54, 1.807) is 0 Å². The molecular weight excluding hydrogens is 214 g/mol. The molecule has 0 heterocycles. The van der Waals surface area contributed by atoms with E-state index in [0.29, 0.717) is 12.1 Å². The van der Waals surface area contributed by atoms with Crippen LogP contribution in [-0.2, 0) is 16.0 Å². The van der Waals surface area contributed by atoms with Crippen molar-refractivity contribution in [2.75, 3.05) is 0 Å². The molecule has 0 atom stereocenters. The van der Waals surface area contributed by atoms with Gasteiger partial charge in [0.1, 0.15) is 5.60 Å². The summed E-state index contributed by atoms with van der Waals surface area (Å²) < 4.78 is 5.15. The molecule has 0 aromatic heterocycles. The highest BCUT2D eigenvalue weighted by atomic mass is 16.6. The number of benzene rings is 1. The van der Waals surface area contributed by atoms with E-state index in [-0.39, 0.29) is 0 Å². The summed E-state index contributed by atoms with van der Waals surface area (Å²) in [5, 5.41) is 0. The maximum atomic E-state index is 11.5. The van der Waals surface area contributed by atoms with Crippen molar-refractivity contribution < 1.29 is 9.53 Å². The first-order valence-corrected chi connectivity index (χ1v) is 5.60. The fourth-order valence-electron chi connectivity index (χ4n) is 1.37. The van der Waals surface area contributed by atoms with Crippen LogP contribution in [0.3, 0.4) is 0 Å². The minimum atomic E-state index is -0.486. The molecule has 0 aliphatic carbocycles. The minimum Gasteiger partial charge on any atom is -0.457 e. The molecule has 3 nitrogen and oxygen atoms in total. The van der Waals surface area contributed by atoms with Crippen LogP contribution in [0.5, 0.6) is 0 Å². The van der Waals surface area contributed by atoms with Gasteiger partial charge in [-0.15, -0.1) is 0 Å². The molecule has 1 aromatic rings. The molecule has 2 N–H and O–H groups in total. The first-order valence-electron chi connectivity index (χ1n) is 5.60. The summed E-state index contributed by atoms with van der Waals surface area (Å²) in [5.41, 5.74) is 6.88. The van der Waals surface area contributed by atoms with Crippen molar-refractivity contribution in [2.24, 2.45) is 5.73 Å². The number of ether oxygens (including phenoxy) is 1. The van der Waals surface area contributed by atoms with E-state index in [0.717, 1.165) is 5.56 Å². The van der Waals surface area contributed by atoms with Gasteiger partial charge in [0.25, 0.3) is 0 Å². The van der Waals surface area contributed by atoms with Crippen LogP contribution >= 0.6 is 0 Å². The highest BCUT2D eigenvalue weighted by molar-refractivity contribution is 5.83. The van der Waals surface area contributed by atoms with E-state index in [4.69, 9.17) is 10.5 Å². The van der Waals surface area contributed by atoms with E-state index >= 15 is 0 Å². The van der Waals surface area contributed by atoms with Crippen molar-refractivity contribution in [1.82, 2.24) is 0 Å². The van der Waals surface area contributed by atoms with Gasteiger partial charge in [-0.25, -0.2) is 4.79 Å². The van der Waals surface area contributed by atoms with Crippen molar-refractivity contribution in [2.45, 2.75) is 32.8 Å². The second-order valence-electron chi connectivity index (χ2n) is 4.92. The van der Waals surface area contributed by atoms with E-state index in [2.05, 4.69) is 0 Å². The van der Waals surface area contributed by atoms with Gasteiger partial charge in [-0.3, -0.25) is 0 Å². The predicted molar refractivity (Wildman–Crippen MR) is 68.3 cm³/mol. The number of carbonyl (C=O) groups excluding carboxylic acids is 1. The first kappa shape index (κ1) is 13.3.